The highest BCUT2D eigenvalue weighted by Crippen LogP contribution is 2.61. The van der Waals surface area contributed by atoms with E-state index in [1.54, 1.807) is 37.3 Å². The number of carbonyl (C=O) groups excluding carboxylic acids is 3. The molecule has 0 aliphatic carbocycles. The van der Waals surface area contributed by atoms with Gasteiger partial charge in [-0.3, -0.25) is 14.4 Å². The van der Waals surface area contributed by atoms with Crippen LogP contribution in [0.1, 0.15) is 18.9 Å². The SMILES string of the molecule is C=CCN(C(=O)[C@H]1N([C@@H](CO)Cc2ccccc2)C(=O)[C@@H]2[C@@H](C(=O)OCC)[C@@H]3O[C@@]21CC3Br)c1ccccc1Cl. The summed E-state index contributed by atoms with van der Waals surface area (Å²) in [5.41, 5.74) is 0.0689. The van der Waals surface area contributed by atoms with Crippen LogP contribution in [0.3, 0.4) is 0 Å². The van der Waals surface area contributed by atoms with E-state index in [1.165, 1.54) is 9.80 Å². The molecule has 2 aromatic rings. The smallest absolute Gasteiger partial charge is 0.312 e. The number of anilines is 1. The lowest BCUT2D eigenvalue weighted by atomic mass is 9.70. The quantitative estimate of drug-likeness (QED) is 0.244. The number of esters is 1. The number of alkyl halides is 1. The van der Waals surface area contributed by atoms with E-state index in [9.17, 15) is 19.5 Å². The molecule has 8 nitrogen and oxygen atoms in total. The summed E-state index contributed by atoms with van der Waals surface area (Å²) in [6.45, 7) is 5.44. The van der Waals surface area contributed by atoms with Crippen LogP contribution in [0, 0.1) is 11.8 Å². The fourth-order valence-electron chi connectivity index (χ4n) is 6.64. The highest BCUT2D eigenvalue weighted by Gasteiger charge is 2.77. The number of ether oxygens (including phenoxy) is 2. The Kier molecular flexibility index (Phi) is 8.38. The maximum Gasteiger partial charge on any atom is 0.312 e. The highest BCUT2D eigenvalue weighted by atomic mass is 79.9. The zero-order chi connectivity index (χ0) is 28.6. The Morgan fingerprint density at radius 1 is 1.27 bits per heavy atom. The number of para-hydroxylation sites is 1. The molecule has 1 unspecified atom stereocenters. The molecule has 2 aromatic carbocycles. The highest BCUT2D eigenvalue weighted by molar-refractivity contribution is 9.09. The van der Waals surface area contributed by atoms with Crippen LogP contribution in [0.5, 0.6) is 0 Å². The van der Waals surface area contributed by atoms with E-state index < -0.39 is 53.4 Å². The number of aliphatic hydroxyl groups is 1. The van der Waals surface area contributed by atoms with Crippen molar-refractivity contribution in [3.63, 3.8) is 0 Å². The van der Waals surface area contributed by atoms with E-state index in [4.69, 9.17) is 21.1 Å². The second-order valence-corrected chi connectivity index (χ2v) is 12.0. The van der Waals surface area contributed by atoms with E-state index in [2.05, 4.69) is 22.5 Å². The Labute approximate surface area is 247 Å². The molecule has 0 radical (unpaired) electrons. The molecule has 212 valence electrons. The van der Waals surface area contributed by atoms with Crippen LogP contribution >= 0.6 is 27.5 Å². The van der Waals surface area contributed by atoms with Gasteiger partial charge >= 0.3 is 5.97 Å². The summed E-state index contributed by atoms with van der Waals surface area (Å²) < 4.78 is 11.9. The molecule has 1 spiro atoms. The lowest BCUT2D eigenvalue weighted by molar-refractivity contribution is -0.155. The van der Waals surface area contributed by atoms with Gasteiger partial charge in [0.05, 0.1) is 47.9 Å². The first-order valence-electron chi connectivity index (χ1n) is 13.4. The van der Waals surface area contributed by atoms with Crippen LogP contribution < -0.4 is 4.90 Å². The van der Waals surface area contributed by atoms with Gasteiger partial charge < -0.3 is 24.4 Å². The molecular weight excluding hydrogens is 600 g/mol. The lowest BCUT2D eigenvalue weighted by Gasteiger charge is -2.39. The normalized spacial score (nSPS) is 29.2. The molecule has 2 amide bonds. The van der Waals surface area contributed by atoms with Crippen molar-refractivity contribution in [2.75, 3.05) is 24.7 Å². The number of benzene rings is 2. The fourth-order valence-corrected chi connectivity index (χ4v) is 7.82. The van der Waals surface area contributed by atoms with Gasteiger partial charge in [-0.15, -0.1) is 6.58 Å². The summed E-state index contributed by atoms with van der Waals surface area (Å²) in [6.07, 6.45) is 1.62. The maximum absolute atomic E-state index is 14.7. The van der Waals surface area contributed by atoms with Crippen molar-refractivity contribution in [3.8, 4) is 0 Å². The second kappa shape index (κ2) is 11.6. The fraction of sp³-hybridized carbons (Fsp3) is 0.433. The molecule has 2 bridgehead atoms. The van der Waals surface area contributed by atoms with Crippen molar-refractivity contribution in [2.24, 2.45) is 11.8 Å². The summed E-state index contributed by atoms with van der Waals surface area (Å²) in [4.78, 5) is 45.0. The largest absolute Gasteiger partial charge is 0.466 e. The van der Waals surface area contributed by atoms with Crippen LogP contribution in [0.15, 0.2) is 67.3 Å². The monoisotopic (exact) mass is 630 g/mol. The Morgan fingerprint density at radius 3 is 2.62 bits per heavy atom. The van der Waals surface area contributed by atoms with Gasteiger partial charge in [-0.2, -0.15) is 0 Å². The minimum absolute atomic E-state index is 0.132. The molecular formula is C30H32BrClN2O6. The predicted molar refractivity (Wildman–Crippen MR) is 154 cm³/mol. The number of fused-ring (bicyclic) bond motifs is 1. The zero-order valence-corrected chi connectivity index (χ0v) is 24.5. The molecule has 3 aliphatic heterocycles. The lowest BCUT2D eigenvalue weighted by Crippen LogP contribution is -2.59. The predicted octanol–water partition coefficient (Wildman–Crippen LogP) is 3.77. The first-order chi connectivity index (χ1) is 19.3. The van der Waals surface area contributed by atoms with Gasteiger partial charge in [0.25, 0.3) is 5.91 Å². The number of hydrogen-bond acceptors (Lipinski definition) is 6. The molecule has 7 atom stereocenters. The van der Waals surface area contributed by atoms with Crippen LogP contribution in [0.4, 0.5) is 5.69 Å². The zero-order valence-electron chi connectivity index (χ0n) is 22.1. The van der Waals surface area contributed by atoms with Gasteiger partial charge in [-0.25, -0.2) is 0 Å². The van der Waals surface area contributed by atoms with Crippen molar-refractivity contribution >= 4 is 51.0 Å². The number of halogens is 2. The van der Waals surface area contributed by atoms with Crippen LogP contribution in [-0.2, 0) is 30.3 Å². The van der Waals surface area contributed by atoms with Crippen molar-refractivity contribution in [2.45, 2.75) is 48.4 Å². The Morgan fingerprint density at radius 2 is 1.98 bits per heavy atom. The summed E-state index contributed by atoms with van der Waals surface area (Å²) in [5.74, 6) is -3.15. The van der Waals surface area contributed by atoms with Crippen molar-refractivity contribution in [1.29, 1.82) is 0 Å². The molecule has 0 saturated carbocycles. The first kappa shape index (κ1) is 28.8. The topological polar surface area (TPSA) is 96.4 Å². The average Bonchev–Trinajstić information content (AvgIpc) is 3.54. The van der Waals surface area contributed by atoms with Gasteiger partial charge in [0.15, 0.2) is 0 Å². The third kappa shape index (κ3) is 4.66. The third-order valence-corrected chi connectivity index (χ3v) is 9.32. The Bertz CT molecular complexity index is 1290. The molecule has 3 aliphatic rings. The molecule has 10 heteroatoms. The molecule has 3 heterocycles. The number of amides is 2. The summed E-state index contributed by atoms with van der Waals surface area (Å²) in [7, 11) is 0. The van der Waals surface area contributed by atoms with Crippen molar-refractivity contribution in [3.05, 3.63) is 77.8 Å². The molecule has 3 fully saturated rings. The van der Waals surface area contributed by atoms with Gasteiger partial charge in [0.2, 0.25) is 5.91 Å². The molecule has 3 saturated heterocycles. The standard InChI is InChI=1S/C30H32BrClN2O6/c1-3-14-33(22-13-9-8-12-21(22)32)28(37)26-30-16-20(31)25(40-30)23(29(38)39-4-2)24(30)27(36)34(26)19(17-35)15-18-10-6-5-7-11-18/h3,5-13,19-20,23-26,35H,1,4,14-17H2,2H3/t19-,20?,23-,24+,25-,26-,30+/m1/s1. The van der Waals surface area contributed by atoms with E-state index in [0.29, 0.717) is 23.6 Å². The van der Waals surface area contributed by atoms with Gasteiger partial charge in [0.1, 0.15) is 11.6 Å². The summed E-state index contributed by atoms with van der Waals surface area (Å²) in [6, 6.07) is 14.6. The van der Waals surface area contributed by atoms with Crippen LogP contribution in [-0.4, -0.2) is 76.2 Å². The summed E-state index contributed by atoms with van der Waals surface area (Å²) >= 11 is 10.2. The molecule has 0 aromatic heterocycles. The van der Waals surface area contributed by atoms with Gasteiger partial charge in [-0.1, -0.05) is 76.1 Å². The van der Waals surface area contributed by atoms with Gasteiger partial charge in [0, 0.05) is 11.4 Å². The van der Waals surface area contributed by atoms with Crippen LogP contribution in [0.25, 0.3) is 0 Å². The molecule has 1 N–H and O–H groups in total. The van der Waals surface area contributed by atoms with E-state index in [-0.39, 0.29) is 24.6 Å². The first-order valence-corrected chi connectivity index (χ1v) is 14.7. The van der Waals surface area contributed by atoms with Crippen molar-refractivity contribution < 1.29 is 29.0 Å². The Hall–Kier alpha value is -2.72. The van der Waals surface area contributed by atoms with E-state index in [1.807, 2.05) is 30.3 Å². The number of hydrogen-bond donors (Lipinski definition) is 1. The number of nitrogens with zero attached hydrogens (tertiary/aromatic N) is 2. The number of carbonyl (C=O) groups is 3. The number of aliphatic hydroxyl groups excluding tert-OH is 1. The second-order valence-electron chi connectivity index (χ2n) is 10.4. The summed E-state index contributed by atoms with van der Waals surface area (Å²) in [5, 5.41) is 11.0. The van der Waals surface area contributed by atoms with E-state index >= 15 is 0 Å². The van der Waals surface area contributed by atoms with Gasteiger partial charge in [-0.05, 0) is 37.5 Å². The third-order valence-electron chi connectivity index (χ3n) is 8.16. The Balaban J connectivity index is 1.64. The van der Waals surface area contributed by atoms with Crippen LogP contribution in [0.2, 0.25) is 5.02 Å². The van der Waals surface area contributed by atoms with E-state index in [0.717, 1.165) is 5.56 Å². The molecule has 5 rings (SSSR count). The number of rotatable bonds is 10. The number of likely N-dealkylation sites (tertiary alicyclic amines) is 1. The van der Waals surface area contributed by atoms with Crippen molar-refractivity contribution in [1.82, 2.24) is 4.90 Å². The minimum atomic E-state index is -1.30. The molecule has 40 heavy (non-hydrogen) atoms. The maximum atomic E-state index is 14.7. The average molecular weight is 632 g/mol. The minimum Gasteiger partial charge on any atom is -0.466 e.